The zero-order valence-electron chi connectivity index (χ0n) is 12.6. The number of para-hydroxylation sites is 2. The lowest BCUT2D eigenvalue weighted by atomic mass is 9.89. The lowest BCUT2D eigenvalue weighted by molar-refractivity contribution is -0.125. The molecule has 0 saturated heterocycles. The molecular formula is C16H18N4O3. The minimum absolute atomic E-state index is 0.0427. The summed E-state index contributed by atoms with van der Waals surface area (Å²) in [5, 5.41) is 13.8. The Morgan fingerprint density at radius 2 is 2.09 bits per heavy atom. The number of hydrogen-bond donors (Lipinski definition) is 2. The Morgan fingerprint density at radius 3 is 3.00 bits per heavy atom. The van der Waals surface area contributed by atoms with E-state index in [1.807, 2.05) is 24.3 Å². The van der Waals surface area contributed by atoms with Crippen LogP contribution in [-0.4, -0.2) is 40.6 Å². The van der Waals surface area contributed by atoms with Gasteiger partial charge in [0.05, 0.1) is 17.9 Å². The molecule has 23 heavy (non-hydrogen) atoms. The number of aromatic amines is 1. The van der Waals surface area contributed by atoms with E-state index in [4.69, 9.17) is 9.47 Å². The van der Waals surface area contributed by atoms with Crippen molar-refractivity contribution < 1.29 is 14.3 Å². The van der Waals surface area contributed by atoms with Crippen molar-refractivity contribution >= 4 is 5.91 Å². The largest absolute Gasteiger partial charge is 0.486 e. The minimum Gasteiger partial charge on any atom is -0.486 e. The number of nitrogens with zero attached hydrogens (tertiary/aromatic N) is 2. The SMILES string of the molecule is O=C(NCC1COc2ccccc2O1)C1CCc2n[nH]nc2C1. The van der Waals surface area contributed by atoms with Crippen molar-refractivity contribution in [1.29, 1.82) is 0 Å². The van der Waals surface area contributed by atoms with Gasteiger partial charge in [-0.3, -0.25) is 4.79 Å². The lowest BCUT2D eigenvalue weighted by Gasteiger charge is -2.27. The van der Waals surface area contributed by atoms with Crippen LogP contribution in [0.2, 0.25) is 0 Å². The molecule has 7 heteroatoms. The van der Waals surface area contributed by atoms with E-state index in [-0.39, 0.29) is 17.9 Å². The first-order chi connectivity index (χ1) is 11.3. The zero-order chi connectivity index (χ0) is 15.6. The second-order valence-corrected chi connectivity index (χ2v) is 5.90. The van der Waals surface area contributed by atoms with E-state index in [0.717, 1.165) is 35.7 Å². The van der Waals surface area contributed by atoms with E-state index in [9.17, 15) is 4.79 Å². The van der Waals surface area contributed by atoms with Gasteiger partial charge in [-0.2, -0.15) is 15.4 Å². The topological polar surface area (TPSA) is 89.1 Å². The summed E-state index contributed by atoms with van der Waals surface area (Å²) in [6.07, 6.45) is 2.07. The fourth-order valence-corrected chi connectivity index (χ4v) is 3.03. The van der Waals surface area contributed by atoms with Crippen molar-refractivity contribution in [3.8, 4) is 11.5 Å². The number of aromatic nitrogens is 3. The van der Waals surface area contributed by atoms with Gasteiger partial charge in [0.1, 0.15) is 12.7 Å². The van der Waals surface area contributed by atoms with Crippen molar-refractivity contribution in [1.82, 2.24) is 20.7 Å². The molecular weight excluding hydrogens is 296 g/mol. The Hall–Kier alpha value is -2.57. The number of hydrogen-bond acceptors (Lipinski definition) is 5. The van der Waals surface area contributed by atoms with Gasteiger partial charge in [0, 0.05) is 12.3 Å². The fraction of sp³-hybridized carbons (Fsp3) is 0.438. The van der Waals surface area contributed by atoms with Crippen LogP contribution in [0.1, 0.15) is 17.8 Å². The highest BCUT2D eigenvalue weighted by molar-refractivity contribution is 5.79. The number of carbonyl (C=O) groups is 1. The number of rotatable bonds is 3. The van der Waals surface area contributed by atoms with Crippen LogP contribution < -0.4 is 14.8 Å². The molecule has 0 fully saturated rings. The van der Waals surface area contributed by atoms with Gasteiger partial charge >= 0.3 is 0 Å². The number of amides is 1. The summed E-state index contributed by atoms with van der Waals surface area (Å²) in [6, 6.07) is 7.56. The van der Waals surface area contributed by atoms with E-state index in [2.05, 4.69) is 20.7 Å². The molecule has 1 aromatic heterocycles. The lowest BCUT2D eigenvalue weighted by Crippen LogP contribution is -2.43. The number of H-pyrrole nitrogens is 1. The highest BCUT2D eigenvalue weighted by Gasteiger charge is 2.28. The first kappa shape index (κ1) is 14.0. The van der Waals surface area contributed by atoms with Gasteiger partial charge in [-0.15, -0.1) is 0 Å². The quantitative estimate of drug-likeness (QED) is 0.877. The third-order valence-corrected chi connectivity index (χ3v) is 4.31. The van der Waals surface area contributed by atoms with Crippen LogP contribution in [0.3, 0.4) is 0 Å². The average molecular weight is 314 g/mol. The Labute approximate surface area is 133 Å². The van der Waals surface area contributed by atoms with Gasteiger partial charge in [0.25, 0.3) is 0 Å². The number of nitrogens with one attached hydrogen (secondary N) is 2. The molecule has 2 N–H and O–H groups in total. The molecule has 7 nitrogen and oxygen atoms in total. The summed E-state index contributed by atoms with van der Waals surface area (Å²) in [5.41, 5.74) is 1.89. The predicted molar refractivity (Wildman–Crippen MR) is 81.3 cm³/mol. The van der Waals surface area contributed by atoms with Gasteiger partial charge in [0.15, 0.2) is 11.5 Å². The van der Waals surface area contributed by atoms with E-state index < -0.39 is 0 Å². The molecule has 0 radical (unpaired) electrons. The van der Waals surface area contributed by atoms with Gasteiger partial charge in [-0.1, -0.05) is 12.1 Å². The van der Waals surface area contributed by atoms with Crippen molar-refractivity contribution in [3.05, 3.63) is 35.7 Å². The maximum absolute atomic E-state index is 12.4. The van der Waals surface area contributed by atoms with E-state index in [1.165, 1.54) is 0 Å². The molecule has 2 unspecified atom stereocenters. The third kappa shape index (κ3) is 2.86. The first-order valence-corrected chi connectivity index (χ1v) is 7.84. The maximum Gasteiger partial charge on any atom is 0.223 e. The van der Waals surface area contributed by atoms with Crippen molar-refractivity contribution in [2.45, 2.75) is 25.4 Å². The van der Waals surface area contributed by atoms with Gasteiger partial charge in [-0.25, -0.2) is 0 Å². The molecule has 1 aromatic carbocycles. The smallest absolute Gasteiger partial charge is 0.223 e. The monoisotopic (exact) mass is 314 g/mol. The van der Waals surface area contributed by atoms with Crippen LogP contribution in [-0.2, 0) is 17.6 Å². The van der Waals surface area contributed by atoms with Gasteiger partial charge < -0.3 is 14.8 Å². The number of benzene rings is 1. The van der Waals surface area contributed by atoms with Crippen LogP contribution in [0.5, 0.6) is 11.5 Å². The molecule has 1 aliphatic heterocycles. The maximum atomic E-state index is 12.4. The molecule has 1 aliphatic carbocycles. The zero-order valence-corrected chi connectivity index (χ0v) is 12.6. The van der Waals surface area contributed by atoms with Crippen LogP contribution in [0.4, 0.5) is 0 Å². The Morgan fingerprint density at radius 1 is 1.26 bits per heavy atom. The van der Waals surface area contributed by atoms with Gasteiger partial charge in [-0.05, 0) is 25.0 Å². The normalized spacial score (nSPS) is 22.3. The van der Waals surface area contributed by atoms with E-state index in [0.29, 0.717) is 19.6 Å². The molecule has 0 bridgehead atoms. The van der Waals surface area contributed by atoms with Crippen LogP contribution in [0, 0.1) is 5.92 Å². The first-order valence-electron chi connectivity index (χ1n) is 7.84. The summed E-state index contributed by atoms with van der Waals surface area (Å²) in [4.78, 5) is 12.4. The minimum atomic E-state index is -0.167. The van der Waals surface area contributed by atoms with E-state index in [1.54, 1.807) is 0 Å². The number of fused-ring (bicyclic) bond motifs is 2. The number of aryl methyl sites for hydroxylation is 1. The van der Waals surface area contributed by atoms with E-state index >= 15 is 0 Å². The summed E-state index contributed by atoms with van der Waals surface area (Å²) in [6.45, 7) is 0.880. The molecule has 0 saturated carbocycles. The molecule has 2 atom stereocenters. The molecule has 0 spiro atoms. The van der Waals surface area contributed by atoms with Crippen LogP contribution >= 0.6 is 0 Å². The highest BCUT2D eigenvalue weighted by atomic mass is 16.6. The second-order valence-electron chi connectivity index (χ2n) is 5.90. The summed E-state index contributed by atoms with van der Waals surface area (Å²) < 4.78 is 11.5. The van der Waals surface area contributed by atoms with Gasteiger partial charge in [0.2, 0.25) is 5.91 Å². The molecule has 1 amide bonds. The average Bonchev–Trinajstić information content (AvgIpc) is 3.07. The highest BCUT2D eigenvalue weighted by Crippen LogP contribution is 2.30. The van der Waals surface area contributed by atoms with Crippen molar-refractivity contribution in [3.63, 3.8) is 0 Å². The number of carbonyl (C=O) groups excluding carboxylic acids is 1. The standard InChI is InChI=1S/C16H18N4O3/c21-16(10-5-6-12-13(7-10)19-20-18-12)17-8-11-9-22-14-3-1-2-4-15(14)23-11/h1-4,10-11H,5-9H2,(H,17,21)(H,18,19,20). The summed E-state index contributed by atoms with van der Waals surface area (Å²) >= 11 is 0. The molecule has 2 aliphatic rings. The molecule has 2 aromatic rings. The summed E-state index contributed by atoms with van der Waals surface area (Å²) in [5.74, 6) is 1.47. The molecule has 120 valence electrons. The van der Waals surface area contributed by atoms with Crippen molar-refractivity contribution in [2.75, 3.05) is 13.2 Å². The Kier molecular flexibility index (Phi) is 3.61. The Bertz CT molecular complexity index is 715. The molecule has 4 rings (SSSR count). The van der Waals surface area contributed by atoms with Crippen molar-refractivity contribution in [2.24, 2.45) is 5.92 Å². The fourth-order valence-electron chi connectivity index (χ4n) is 3.03. The predicted octanol–water partition coefficient (Wildman–Crippen LogP) is 0.866. The van der Waals surface area contributed by atoms with Crippen LogP contribution in [0.15, 0.2) is 24.3 Å². The summed E-state index contributed by atoms with van der Waals surface area (Å²) in [7, 11) is 0. The Balaban J connectivity index is 1.31. The molecule has 2 heterocycles. The van der Waals surface area contributed by atoms with Crippen LogP contribution in [0.25, 0.3) is 0 Å². The third-order valence-electron chi connectivity index (χ3n) is 4.31. The number of ether oxygens (including phenoxy) is 2. The second kappa shape index (κ2) is 5.91.